The Kier molecular flexibility index (Phi) is 5.57. The summed E-state index contributed by atoms with van der Waals surface area (Å²) < 4.78 is 27.1. The molecule has 0 saturated carbocycles. The summed E-state index contributed by atoms with van der Waals surface area (Å²) in [6.45, 7) is 1.99. The van der Waals surface area contributed by atoms with Gasteiger partial charge in [-0.1, -0.05) is 31.4 Å². The first kappa shape index (κ1) is 15.5. The molecule has 1 aliphatic heterocycles. The van der Waals surface area contributed by atoms with Crippen molar-refractivity contribution in [2.45, 2.75) is 43.5 Å². The van der Waals surface area contributed by atoms with Gasteiger partial charge in [0.05, 0.1) is 4.90 Å². The van der Waals surface area contributed by atoms with Crippen LogP contribution in [-0.2, 0) is 16.6 Å². The van der Waals surface area contributed by atoms with Crippen molar-refractivity contribution in [1.29, 1.82) is 0 Å². The Morgan fingerprint density at radius 1 is 1.10 bits per heavy atom. The second-order valence-electron chi connectivity index (χ2n) is 5.35. The van der Waals surface area contributed by atoms with Crippen LogP contribution in [0.5, 0.6) is 0 Å². The molecule has 0 atom stereocenters. The smallest absolute Gasteiger partial charge is 0.243 e. The molecule has 0 amide bonds. The number of benzene rings is 1. The summed E-state index contributed by atoms with van der Waals surface area (Å²) in [6.07, 6.45) is 5.42. The molecule has 0 aromatic heterocycles. The van der Waals surface area contributed by atoms with Gasteiger partial charge in [-0.15, -0.1) is 0 Å². The van der Waals surface area contributed by atoms with Gasteiger partial charge in [-0.3, -0.25) is 0 Å². The summed E-state index contributed by atoms with van der Waals surface area (Å²) in [6, 6.07) is 7.25. The predicted octanol–water partition coefficient (Wildman–Crippen LogP) is 2.36. The van der Waals surface area contributed by atoms with Crippen molar-refractivity contribution < 1.29 is 8.42 Å². The SMILES string of the molecule is CNCc1cccc(S(=O)(=O)N2CCCCCCC2)c1. The monoisotopic (exact) mass is 296 g/mol. The molecule has 1 N–H and O–H groups in total. The van der Waals surface area contributed by atoms with Crippen molar-refractivity contribution in [1.82, 2.24) is 9.62 Å². The number of sulfonamides is 1. The van der Waals surface area contributed by atoms with Gasteiger partial charge in [0.15, 0.2) is 0 Å². The zero-order chi connectivity index (χ0) is 14.4. The lowest BCUT2D eigenvalue weighted by atomic mass is 10.1. The average molecular weight is 296 g/mol. The maximum absolute atomic E-state index is 12.7. The Morgan fingerprint density at radius 2 is 1.75 bits per heavy atom. The fourth-order valence-corrected chi connectivity index (χ4v) is 4.22. The summed E-state index contributed by atoms with van der Waals surface area (Å²) in [7, 11) is -1.48. The molecule has 5 heteroatoms. The second-order valence-corrected chi connectivity index (χ2v) is 7.29. The van der Waals surface area contributed by atoms with Gasteiger partial charge in [0, 0.05) is 19.6 Å². The highest BCUT2D eigenvalue weighted by Gasteiger charge is 2.24. The van der Waals surface area contributed by atoms with Crippen LogP contribution >= 0.6 is 0 Å². The maximum atomic E-state index is 12.7. The highest BCUT2D eigenvalue weighted by atomic mass is 32.2. The predicted molar refractivity (Wildman–Crippen MR) is 81.0 cm³/mol. The molecule has 0 spiro atoms. The van der Waals surface area contributed by atoms with Crippen LogP contribution in [0.1, 0.15) is 37.7 Å². The average Bonchev–Trinajstić information content (AvgIpc) is 2.38. The van der Waals surface area contributed by atoms with Gasteiger partial charge in [0.25, 0.3) is 0 Å². The van der Waals surface area contributed by atoms with Crippen LogP contribution < -0.4 is 5.32 Å². The lowest BCUT2D eigenvalue weighted by molar-refractivity contribution is 0.364. The van der Waals surface area contributed by atoms with E-state index in [0.717, 1.165) is 31.2 Å². The van der Waals surface area contributed by atoms with Crippen molar-refractivity contribution in [3.8, 4) is 0 Å². The number of nitrogens with zero attached hydrogens (tertiary/aromatic N) is 1. The van der Waals surface area contributed by atoms with Crippen LogP contribution in [0, 0.1) is 0 Å². The molecule has 1 saturated heterocycles. The van der Waals surface area contributed by atoms with Gasteiger partial charge in [-0.2, -0.15) is 4.31 Å². The summed E-state index contributed by atoms with van der Waals surface area (Å²) in [4.78, 5) is 0.422. The van der Waals surface area contributed by atoms with Gasteiger partial charge in [0.2, 0.25) is 10.0 Å². The molecule has 0 radical (unpaired) electrons. The van der Waals surface area contributed by atoms with Crippen LogP contribution in [0.25, 0.3) is 0 Å². The standard InChI is InChI=1S/C15H24N2O2S/c1-16-13-14-8-7-9-15(12-14)20(18,19)17-10-5-3-2-4-6-11-17/h7-9,12,16H,2-6,10-11,13H2,1H3. The highest BCUT2D eigenvalue weighted by Crippen LogP contribution is 2.20. The van der Waals surface area contributed by atoms with E-state index >= 15 is 0 Å². The van der Waals surface area contributed by atoms with Crippen molar-refractivity contribution in [2.75, 3.05) is 20.1 Å². The molecule has 20 heavy (non-hydrogen) atoms. The van der Waals surface area contributed by atoms with E-state index in [1.54, 1.807) is 16.4 Å². The second kappa shape index (κ2) is 7.20. The topological polar surface area (TPSA) is 49.4 Å². The third-order valence-electron chi connectivity index (χ3n) is 3.73. The Labute approximate surface area is 122 Å². The van der Waals surface area contributed by atoms with Gasteiger partial charge in [-0.25, -0.2) is 8.42 Å². The van der Waals surface area contributed by atoms with Crippen molar-refractivity contribution in [2.24, 2.45) is 0 Å². The molecule has 1 aliphatic rings. The fourth-order valence-electron chi connectivity index (χ4n) is 2.63. The Bertz CT molecular complexity index is 520. The molecule has 0 bridgehead atoms. The molecule has 0 aliphatic carbocycles. The first-order chi connectivity index (χ1) is 9.64. The van der Waals surface area contributed by atoms with E-state index in [0.29, 0.717) is 24.5 Å². The van der Waals surface area contributed by atoms with E-state index in [2.05, 4.69) is 5.32 Å². The molecule has 1 heterocycles. The lowest BCUT2D eigenvalue weighted by Gasteiger charge is -2.24. The third kappa shape index (κ3) is 3.81. The number of nitrogens with one attached hydrogen (secondary N) is 1. The van der Waals surface area contributed by atoms with Crippen LogP contribution in [-0.4, -0.2) is 32.9 Å². The van der Waals surface area contributed by atoms with Crippen LogP contribution in [0.15, 0.2) is 29.2 Å². The minimum absolute atomic E-state index is 0.422. The zero-order valence-electron chi connectivity index (χ0n) is 12.1. The van der Waals surface area contributed by atoms with E-state index in [4.69, 9.17) is 0 Å². The molecular weight excluding hydrogens is 272 g/mol. The highest BCUT2D eigenvalue weighted by molar-refractivity contribution is 7.89. The summed E-state index contributed by atoms with van der Waals surface area (Å²) in [5.41, 5.74) is 1.00. The molecule has 2 rings (SSSR count). The van der Waals surface area contributed by atoms with E-state index < -0.39 is 10.0 Å². The van der Waals surface area contributed by atoms with E-state index in [1.165, 1.54) is 6.42 Å². The largest absolute Gasteiger partial charge is 0.316 e. The maximum Gasteiger partial charge on any atom is 0.243 e. The van der Waals surface area contributed by atoms with E-state index in [-0.39, 0.29) is 0 Å². The molecule has 1 aromatic rings. The van der Waals surface area contributed by atoms with Crippen LogP contribution in [0.2, 0.25) is 0 Å². The Balaban J connectivity index is 2.21. The third-order valence-corrected chi connectivity index (χ3v) is 5.63. The quantitative estimate of drug-likeness (QED) is 0.928. The molecule has 1 aromatic carbocycles. The van der Waals surface area contributed by atoms with Gasteiger partial charge in [0.1, 0.15) is 0 Å². The molecule has 112 valence electrons. The lowest BCUT2D eigenvalue weighted by Crippen LogP contribution is -2.33. The Hall–Kier alpha value is -0.910. The number of hydrogen-bond acceptors (Lipinski definition) is 3. The first-order valence-electron chi connectivity index (χ1n) is 7.38. The summed E-state index contributed by atoms with van der Waals surface area (Å²) in [5, 5.41) is 3.05. The van der Waals surface area contributed by atoms with Gasteiger partial charge in [-0.05, 0) is 37.6 Å². The van der Waals surface area contributed by atoms with Crippen molar-refractivity contribution >= 4 is 10.0 Å². The van der Waals surface area contributed by atoms with Crippen molar-refractivity contribution in [3.05, 3.63) is 29.8 Å². The molecule has 4 nitrogen and oxygen atoms in total. The molecule has 0 unspecified atom stereocenters. The van der Waals surface area contributed by atoms with Crippen LogP contribution in [0.3, 0.4) is 0 Å². The van der Waals surface area contributed by atoms with E-state index in [1.807, 2.05) is 19.2 Å². The van der Waals surface area contributed by atoms with Crippen molar-refractivity contribution in [3.63, 3.8) is 0 Å². The first-order valence-corrected chi connectivity index (χ1v) is 8.82. The minimum Gasteiger partial charge on any atom is -0.316 e. The summed E-state index contributed by atoms with van der Waals surface area (Å²) in [5.74, 6) is 0. The molecular formula is C15H24N2O2S. The minimum atomic E-state index is -3.34. The van der Waals surface area contributed by atoms with E-state index in [9.17, 15) is 8.42 Å². The number of hydrogen-bond donors (Lipinski definition) is 1. The number of rotatable bonds is 4. The summed E-state index contributed by atoms with van der Waals surface area (Å²) >= 11 is 0. The van der Waals surface area contributed by atoms with Gasteiger partial charge < -0.3 is 5.32 Å². The molecule has 1 fully saturated rings. The van der Waals surface area contributed by atoms with Crippen LogP contribution in [0.4, 0.5) is 0 Å². The normalized spacial score (nSPS) is 18.4. The van der Waals surface area contributed by atoms with Gasteiger partial charge >= 0.3 is 0 Å². The zero-order valence-corrected chi connectivity index (χ0v) is 13.0. The fraction of sp³-hybridized carbons (Fsp3) is 0.600. The Morgan fingerprint density at radius 3 is 2.40 bits per heavy atom.